The summed E-state index contributed by atoms with van der Waals surface area (Å²) in [7, 11) is 0. The third-order valence-corrected chi connectivity index (χ3v) is 11.0. The number of rotatable bonds is 7. The number of nitrogens with zero attached hydrogens (tertiary/aromatic N) is 6. The third kappa shape index (κ3) is 6.45. The Balaban J connectivity index is 0.00000427. The summed E-state index contributed by atoms with van der Waals surface area (Å²) in [6.45, 7) is 15.5. The normalized spacial score (nSPS) is 12.1. The first-order valence-electron chi connectivity index (χ1n) is 18.4. The fraction of sp³-hybridized carbons (Fsp3) is 0.217. The van der Waals surface area contributed by atoms with Gasteiger partial charge < -0.3 is 14.3 Å². The summed E-state index contributed by atoms with van der Waals surface area (Å²) in [4.78, 5) is 10.6. The molecule has 0 fully saturated rings. The van der Waals surface area contributed by atoms with Crippen LogP contribution in [0.25, 0.3) is 65.2 Å². The molecule has 0 N–H and O–H groups in total. The molecule has 9 aromatic rings. The number of aromatic nitrogens is 6. The molecule has 4 aromatic carbocycles. The van der Waals surface area contributed by atoms with Crippen LogP contribution in [-0.4, -0.2) is 29.1 Å². The van der Waals surface area contributed by atoms with Crippen LogP contribution in [-0.2, 0) is 26.5 Å². The molecule has 0 bridgehead atoms. The zero-order valence-corrected chi connectivity index (χ0v) is 34.9. The molecule has 9 heteroatoms. The van der Waals surface area contributed by atoms with E-state index < -0.39 is 0 Å². The first-order chi connectivity index (χ1) is 26.0. The van der Waals surface area contributed by atoms with Crippen molar-refractivity contribution in [3.63, 3.8) is 0 Å². The molecule has 276 valence electrons. The van der Waals surface area contributed by atoms with E-state index in [0.717, 1.165) is 65.4 Å². The molecular weight excluding hydrogens is 880 g/mol. The van der Waals surface area contributed by atoms with E-state index in [4.69, 9.17) is 14.7 Å². The number of benzene rings is 4. The molecule has 0 aliphatic rings. The van der Waals surface area contributed by atoms with Crippen molar-refractivity contribution in [3.8, 4) is 39.7 Å². The number of hydrogen-bond donors (Lipinski definition) is 0. The quantitative estimate of drug-likeness (QED) is 0.149. The Morgan fingerprint density at radius 2 is 1.49 bits per heavy atom. The minimum absolute atomic E-state index is 0. The molecule has 0 unspecified atom stereocenters. The van der Waals surface area contributed by atoms with Crippen molar-refractivity contribution in [1.82, 2.24) is 29.1 Å². The number of fused-ring (bicyclic) bond motifs is 6. The molecule has 0 atom stereocenters. The minimum Gasteiger partial charge on any atom is -0.503 e. The van der Waals surface area contributed by atoms with Gasteiger partial charge in [0.2, 0.25) is 4.96 Å². The zero-order chi connectivity index (χ0) is 37.3. The Labute approximate surface area is 339 Å². The minimum atomic E-state index is -0.179. The summed E-state index contributed by atoms with van der Waals surface area (Å²) in [5.74, 6) is 3.57. The van der Waals surface area contributed by atoms with E-state index in [1.54, 1.807) is 11.3 Å². The summed E-state index contributed by atoms with van der Waals surface area (Å²) in [6, 6.07) is 38.8. The molecule has 0 saturated heterocycles. The Bertz CT molecular complexity index is 2840. The van der Waals surface area contributed by atoms with Crippen molar-refractivity contribution in [2.75, 3.05) is 0 Å². The van der Waals surface area contributed by atoms with Crippen LogP contribution in [0.15, 0.2) is 103 Å². The molecule has 0 amide bonds. The van der Waals surface area contributed by atoms with Crippen LogP contribution in [0.4, 0.5) is 0 Å². The van der Waals surface area contributed by atoms with Crippen LogP contribution >= 0.6 is 11.3 Å². The van der Waals surface area contributed by atoms with E-state index in [9.17, 15) is 0 Å². The van der Waals surface area contributed by atoms with Gasteiger partial charge in [-0.2, -0.15) is 6.07 Å². The number of ether oxygens (including phenoxy) is 1. The maximum atomic E-state index is 6.77. The predicted molar refractivity (Wildman–Crippen MR) is 220 cm³/mol. The van der Waals surface area contributed by atoms with Gasteiger partial charge in [0, 0.05) is 40.9 Å². The van der Waals surface area contributed by atoms with Gasteiger partial charge in [-0.05, 0) is 51.7 Å². The molecule has 5 aromatic heterocycles. The summed E-state index contributed by atoms with van der Waals surface area (Å²) < 4.78 is 12.2. The molecule has 0 aliphatic heterocycles. The maximum absolute atomic E-state index is 6.77. The van der Waals surface area contributed by atoms with Crippen molar-refractivity contribution in [1.29, 1.82) is 0 Å². The van der Waals surface area contributed by atoms with Crippen molar-refractivity contribution >= 4 is 48.3 Å². The number of pyridine rings is 2. The van der Waals surface area contributed by atoms with Crippen molar-refractivity contribution in [2.24, 2.45) is 0 Å². The zero-order valence-electron chi connectivity index (χ0n) is 31.8. The summed E-state index contributed by atoms with van der Waals surface area (Å²) in [5.41, 5.74) is 9.40. The number of thiazole rings is 1. The van der Waals surface area contributed by atoms with Gasteiger partial charge in [0.1, 0.15) is 11.6 Å². The average molecular weight is 920 g/mol. The molecule has 7 nitrogen and oxygen atoms in total. The van der Waals surface area contributed by atoms with Gasteiger partial charge in [-0.15, -0.1) is 39.3 Å². The molecular formula is C46H40N6OPtS. The molecule has 0 saturated carbocycles. The Morgan fingerprint density at radius 3 is 2.22 bits per heavy atom. The smallest absolute Gasteiger partial charge is 0.503 e. The number of para-hydroxylation sites is 1. The number of hydrogen-bond acceptors (Lipinski definition) is 6. The second kappa shape index (κ2) is 14.2. The topological polar surface area (TPSA) is 70.1 Å². The molecule has 0 radical (unpaired) electrons. The van der Waals surface area contributed by atoms with E-state index in [2.05, 4.69) is 146 Å². The second-order valence-electron chi connectivity index (χ2n) is 15.5. The van der Waals surface area contributed by atoms with E-state index in [1.807, 2.05) is 36.7 Å². The van der Waals surface area contributed by atoms with Crippen LogP contribution in [0.3, 0.4) is 0 Å². The van der Waals surface area contributed by atoms with Crippen LogP contribution in [0.2, 0.25) is 0 Å². The fourth-order valence-electron chi connectivity index (χ4n) is 7.51. The van der Waals surface area contributed by atoms with Crippen LogP contribution in [0, 0.1) is 12.1 Å². The molecule has 0 aliphatic carbocycles. The maximum Gasteiger partial charge on any atom is 2.00 e. The van der Waals surface area contributed by atoms with Crippen LogP contribution in [0.1, 0.15) is 77.3 Å². The van der Waals surface area contributed by atoms with Gasteiger partial charge in [-0.3, -0.25) is 4.40 Å². The van der Waals surface area contributed by atoms with E-state index in [1.165, 1.54) is 16.7 Å². The van der Waals surface area contributed by atoms with Crippen molar-refractivity contribution < 1.29 is 25.8 Å². The van der Waals surface area contributed by atoms with Gasteiger partial charge in [0.05, 0.1) is 10.2 Å². The van der Waals surface area contributed by atoms with Gasteiger partial charge in [-0.25, -0.2) is 4.98 Å². The van der Waals surface area contributed by atoms with Crippen LogP contribution < -0.4 is 4.74 Å². The van der Waals surface area contributed by atoms with Crippen molar-refractivity contribution in [3.05, 3.63) is 132 Å². The summed E-state index contributed by atoms with van der Waals surface area (Å²) in [5, 5.41) is 11.3. The van der Waals surface area contributed by atoms with Gasteiger partial charge in [0.25, 0.3) is 0 Å². The summed E-state index contributed by atoms with van der Waals surface area (Å²) in [6.07, 6.45) is 3.76. The molecule has 55 heavy (non-hydrogen) atoms. The van der Waals surface area contributed by atoms with E-state index in [-0.39, 0.29) is 26.5 Å². The average Bonchev–Trinajstić information content (AvgIpc) is 3.84. The standard InChI is InChI=1S/C46H40N6OS.Pt/c1-27(2)33-14-12-15-34(28(3)4)43(33)30-21-29(37-16-10-11-20-47-37)22-32(23-30)53-31-18-19-36-35-13-8-9-17-38(35)51(39(36)24-31)42-25-40-41(26-48-42)54-45-50-49-44(52(40)45)46(5,6)7;/h8-21,23,25-28H,1-7H3;/q-2;+2. The fourth-order valence-corrected chi connectivity index (χ4v) is 8.43. The Morgan fingerprint density at radius 1 is 0.727 bits per heavy atom. The van der Waals surface area contributed by atoms with Gasteiger partial charge in [-0.1, -0.05) is 132 Å². The van der Waals surface area contributed by atoms with E-state index >= 15 is 0 Å². The molecule has 0 spiro atoms. The largest absolute Gasteiger partial charge is 2.00 e. The van der Waals surface area contributed by atoms with Gasteiger partial charge in [0.15, 0.2) is 0 Å². The summed E-state index contributed by atoms with van der Waals surface area (Å²) >= 11 is 1.60. The van der Waals surface area contributed by atoms with Crippen molar-refractivity contribution in [2.45, 2.75) is 65.7 Å². The first kappa shape index (κ1) is 36.8. The second-order valence-corrected chi connectivity index (χ2v) is 16.5. The Kier molecular flexibility index (Phi) is 9.47. The predicted octanol–water partition coefficient (Wildman–Crippen LogP) is 12.1. The Hall–Kier alpha value is -5.17. The SMILES string of the molecule is CC(C)c1cccc(C(C)C)c1-c1cc(Oc2[c-]c3c(cc2)c2ccccc2n3-c2cc3c(cn2)sc2nnc(C(C)(C)C)n23)[c-]c(-c2ccccn2)c1.[Pt+2]. The third-order valence-electron chi connectivity index (χ3n) is 10.0. The first-order valence-corrected chi connectivity index (χ1v) is 19.3. The molecule has 9 rings (SSSR count). The van der Waals surface area contributed by atoms with Crippen LogP contribution in [0.5, 0.6) is 11.5 Å². The monoisotopic (exact) mass is 919 g/mol. The van der Waals surface area contributed by atoms with E-state index in [0.29, 0.717) is 23.3 Å². The molecule has 5 heterocycles. The van der Waals surface area contributed by atoms with Gasteiger partial charge >= 0.3 is 21.1 Å².